The maximum atomic E-state index is 10.6. The van der Waals surface area contributed by atoms with Crippen molar-refractivity contribution in [3.63, 3.8) is 0 Å². The van der Waals surface area contributed by atoms with Gasteiger partial charge in [-0.15, -0.1) is 0 Å². The Morgan fingerprint density at radius 2 is 2.36 bits per heavy atom. The predicted octanol–water partition coefficient (Wildman–Crippen LogP) is 2.52. The van der Waals surface area contributed by atoms with Crippen LogP contribution in [0.1, 0.15) is 10.4 Å². The van der Waals surface area contributed by atoms with E-state index in [4.69, 9.17) is 21.4 Å². The number of ether oxygens (including phenoxy) is 1. The van der Waals surface area contributed by atoms with Gasteiger partial charge in [0, 0.05) is 5.54 Å². The van der Waals surface area contributed by atoms with Gasteiger partial charge < -0.3 is 9.84 Å². The van der Waals surface area contributed by atoms with Crippen molar-refractivity contribution in [3.8, 4) is 5.75 Å². The van der Waals surface area contributed by atoms with Gasteiger partial charge in [0.05, 0.1) is 5.56 Å². The number of rotatable bonds is 4. The van der Waals surface area contributed by atoms with Gasteiger partial charge in [0.2, 0.25) is 0 Å². The number of halogens is 1. The van der Waals surface area contributed by atoms with Crippen molar-refractivity contribution in [1.29, 1.82) is 0 Å². The average molecular weight is 213 g/mol. The highest BCUT2D eigenvalue weighted by Gasteiger charge is 2.02. The maximum Gasteiger partial charge on any atom is 0.335 e. The van der Waals surface area contributed by atoms with Crippen molar-refractivity contribution in [2.24, 2.45) is 0 Å². The van der Waals surface area contributed by atoms with Gasteiger partial charge in [0.25, 0.3) is 0 Å². The Morgan fingerprint density at radius 3 is 3.00 bits per heavy atom. The SMILES string of the molecule is O=C(O)c1cccc(OC/C=C/Cl)c1. The largest absolute Gasteiger partial charge is 0.489 e. The van der Waals surface area contributed by atoms with Crippen molar-refractivity contribution >= 4 is 17.6 Å². The molecule has 0 unspecified atom stereocenters. The van der Waals surface area contributed by atoms with Gasteiger partial charge in [-0.25, -0.2) is 4.79 Å². The van der Waals surface area contributed by atoms with Crippen LogP contribution in [0.2, 0.25) is 0 Å². The molecule has 0 atom stereocenters. The van der Waals surface area contributed by atoms with Gasteiger partial charge in [0.15, 0.2) is 0 Å². The summed E-state index contributed by atoms with van der Waals surface area (Å²) in [6, 6.07) is 6.29. The summed E-state index contributed by atoms with van der Waals surface area (Å²) >= 11 is 5.29. The van der Waals surface area contributed by atoms with Gasteiger partial charge in [-0.3, -0.25) is 0 Å². The third-order valence-corrected chi connectivity index (χ3v) is 1.69. The summed E-state index contributed by atoms with van der Waals surface area (Å²) < 4.78 is 5.20. The number of hydrogen-bond donors (Lipinski definition) is 1. The third kappa shape index (κ3) is 3.11. The Bertz CT molecular complexity index is 347. The molecule has 0 amide bonds. The van der Waals surface area contributed by atoms with Crippen LogP contribution in [0.25, 0.3) is 0 Å². The van der Waals surface area contributed by atoms with E-state index in [1.165, 1.54) is 17.7 Å². The molecule has 74 valence electrons. The molecule has 1 aromatic rings. The molecule has 1 N–H and O–H groups in total. The molecule has 0 bridgehead atoms. The lowest BCUT2D eigenvalue weighted by Gasteiger charge is -2.03. The zero-order valence-electron chi connectivity index (χ0n) is 7.31. The summed E-state index contributed by atoms with van der Waals surface area (Å²) in [5, 5.41) is 8.69. The second-order valence-electron chi connectivity index (χ2n) is 2.51. The summed E-state index contributed by atoms with van der Waals surface area (Å²) in [5.41, 5.74) is 1.55. The summed E-state index contributed by atoms with van der Waals surface area (Å²) in [7, 11) is 0. The molecule has 0 radical (unpaired) electrons. The minimum Gasteiger partial charge on any atom is -0.489 e. The molecule has 1 rings (SSSR count). The van der Waals surface area contributed by atoms with Crippen molar-refractivity contribution < 1.29 is 14.6 Å². The van der Waals surface area contributed by atoms with Crippen LogP contribution in [0.5, 0.6) is 5.75 Å². The standard InChI is InChI=1S/C10H9ClO3/c11-5-2-6-14-9-4-1-3-8(7-9)10(12)13/h1-5,7H,6H2,(H,12,13)/b5-2+. The van der Waals surface area contributed by atoms with Crippen LogP contribution in [-0.4, -0.2) is 17.7 Å². The molecular formula is C10H9ClO3. The average Bonchev–Trinajstić information content (AvgIpc) is 2.19. The van der Waals surface area contributed by atoms with Crippen molar-refractivity contribution in [2.75, 3.05) is 6.61 Å². The molecule has 0 aromatic heterocycles. The van der Waals surface area contributed by atoms with Crippen LogP contribution in [-0.2, 0) is 0 Å². The Hall–Kier alpha value is -1.48. The van der Waals surface area contributed by atoms with Gasteiger partial charge in [-0.05, 0) is 24.3 Å². The van der Waals surface area contributed by atoms with E-state index in [9.17, 15) is 4.79 Å². The van der Waals surface area contributed by atoms with E-state index in [-0.39, 0.29) is 5.56 Å². The van der Waals surface area contributed by atoms with E-state index < -0.39 is 5.97 Å². The van der Waals surface area contributed by atoms with Gasteiger partial charge >= 0.3 is 5.97 Å². The Labute approximate surface area is 86.6 Å². The van der Waals surface area contributed by atoms with Gasteiger partial charge in [-0.2, -0.15) is 0 Å². The van der Waals surface area contributed by atoms with Crippen LogP contribution in [0.4, 0.5) is 0 Å². The third-order valence-electron chi connectivity index (χ3n) is 1.52. The predicted molar refractivity (Wildman–Crippen MR) is 53.9 cm³/mol. The smallest absolute Gasteiger partial charge is 0.335 e. The first-order valence-corrected chi connectivity index (χ1v) is 4.39. The highest BCUT2D eigenvalue weighted by atomic mass is 35.5. The second kappa shape index (κ2) is 5.29. The highest BCUT2D eigenvalue weighted by Crippen LogP contribution is 2.13. The zero-order valence-corrected chi connectivity index (χ0v) is 8.07. The summed E-state index contributed by atoms with van der Waals surface area (Å²) in [4.78, 5) is 10.6. The first-order chi connectivity index (χ1) is 6.74. The molecule has 3 nitrogen and oxygen atoms in total. The molecule has 1 aromatic carbocycles. The minimum atomic E-state index is -0.969. The molecule has 0 saturated heterocycles. The summed E-state index contributed by atoms with van der Waals surface area (Å²) in [6.45, 7) is 0.326. The van der Waals surface area contributed by atoms with Crippen LogP contribution in [0.15, 0.2) is 35.9 Å². The van der Waals surface area contributed by atoms with Crippen molar-refractivity contribution in [1.82, 2.24) is 0 Å². The maximum absolute atomic E-state index is 10.6. The number of benzene rings is 1. The normalized spacial score (nSPS) is 10.4. The molecule has 0 fully saturated rings. The van der Waals surface area contributed by atoms with E-state index >= 15 is 0 Å². The minimum absolute atomic E-state index is 0.206. The Balaban J connectivity index is 2.68. The monoisotopic (exact) mass is 212 g/mol. The first kappa shape index (κ1) is 10.6. The van der Waals surface area contributed by atoms with E-state index in [0.717, 1.165) is 0 Å². The lowest BCUT2D eigenvalue weighted by Crippen LogP contribution is -1.98. The Kier molecular flexibility index (Phi) is 4.01. The lowest BCUT2D eigenvalue weighted by atomic mass is 10.2. The molecule has 0 aliphatic rings. The van der Waals surface area contributed by atoms with Crippen molar-refractivity contribution in [2.45, 2.75) is 0 Å². The summed E-state index contributed by atoms with van der Waals surface area (Å²) in [6.07, 6.45) is 1.62. The van der Waals surface area contributed by atoms with Crippen LogP contribution in [0.3, 0.4) is 0 Å². The van der Waals surface area contributed by atoms with Gasteiger partial charge in [0.1, 0.15) is 12.4 Å². The van der Waals surface area contributed by atoms with Crippen molar-refractivity contribution in [3.05, 3.63) is 41.4 Å². The zero-order chi connectivity index (χ0) is 10.4. The number of carbonyl (C=O) groups is 1. The molecule has 0 aliphatic heterocycles. The lowest BCUT2D eigenvalue weighted by molar-refractivity contribution is 0.0696. The van der Waals surface area contributed by atoms with Crippen LogP contribution in [0, 0.1) is 0 Å². The number of carboxylic acid groups (broad SMARTS) is 1. The van der Waals surface area contributed by atoms with E-state index in [1.54, 1.807) is 18.2 Å². The van der Waals surface area contributed by atoms with E-state index in [2.05, 4.69) is 0 Å². The number of aromatic carboxylic acids is 1. The van der Waals surface area contributed by atoms with Crippen LogP contribution >= 0.6 is 11.6 Å². The molecule has 0 heterocycles. The fraction of sp³-hybridized carbons (Fsp3) is 0.100. The second-order valence-corrected chi connectivity index (χ2v) is 2.76. The molecule has 4 heteroatoms. The Morgan fingerprint density at radius 1 is 1.57 bits per heavy atom. The molecule has 0 spiro atoms. The fourth-order valence-electron chi connectivity index (χ4n) is 0.900. The number of hydrogen-bond acceptors (Lipinski definition) is 2. The first-order valence-electron chi connectivity index (χ1n) is 3.95. The highest BCUT2D eigenvalue weighted by molar-refractivity contribution is 6.25. The van der Waals surface area contributed by atoms with Crippen LogP contribution < -0.4 is 4.74 Å². The summed E-state index contributed by atoms with van der Waals surface area (Å²) in [5.74, 6) is -0.456. The molecule has 14 heavy (non-hydrogen) atoms. The molecule has 0 aliphatic carbocycles. The van der Waals surface area contributed by atoms with E-state index in [1.807, 2.05) is 0 Å². The number of carboxylic acids is 1. The fourth-order valence-corrected chi connectivity index (χ4v) is 0.972. The topological polar surface area (TPSA) is 46.5 Å². The molecular weight excluding hydrogens is 204 g/mol. The quantitative estimate of drug-likeness (QED) is 0.834. The van der Waals surface area contributed by atoms with E-state index in [0.29, 0.717) is 12.4 Å². The van der Waals surface area contributed by atoms with Gasteiger partial charge in [-0.1, -0.05) is 17.7 Å². The molecule has 0 saturated carbocycles.